The molecular weight excluding hydrogens is 318 g/mol. The fraction of sp³-hybridized carbons (Fsp3) is 0.625. The van der Waals surface area contributed by atoms with Gasteiger partial charge in [0.1, 0.15) is 11.5 Å². The molecule has 2 aliphatic heterocycles. The van der Waals surface area contributed by atoms with Crippen molar-refractivity contribution in [3.05, 3.63) is 21.2 Å². The van der Waals surface area contributed by atoms with Crippen LogP contribution in [0.1, 0.15) is 48.3 Å². The second kappa shape index (κ2) is 4.92. The van der Waals surface area contributed by atoms with Crippen molar-refractivity contribution >= 4 is 15.9 Å². The maximum Gasteiger partial charge on any atom is 0.137 e. The minimum absolute atomic E-state index is 0.389. The van der Waals surface area contributed by atoms with Crippen molar-refractivity contribution in [1.82, 2.24) is 0 Å². The summed E-state index contributed by atoms with van der Waals surface area (Å²) in [6.07, 6.45) is 6.64. The average Bonchev–Trinajstić information content (AvgIpc) is 3.10. The minimum Gasteiger partial charge on any atom is -0.493 e. The van der Waals surface area contributed by atoms with Crippen LogP contribution in [0.5, 0.6) is 11.5 Å². The topological polar surface area (TPSA) is 44.5 Å². The lowest BCUT2D eigenvalue weighted by atomic mass is 9.79. The Morgan fingerprint density at radius 3 is 2.30 bits per heavy atom. The van der Waals surface area contributed by atoms with Gasteiger partial charge in [-0.3, -0.25) is 0 Å². The van der Waals surface area contributed by atoms with Gasteiger partial charge in [0.05, 0.1) is 17.7 Å². The van der Waals surface area contributed by atoms with E-state index in [4.69, 9.17) is 15.2 Å². The van der Waals surface area contributed by atoms with Crippen LogP contribution in [0.15, 0.2) is 4.47 Å². The third kappa shape index (κ3) is 1.88. The Balaban J connectivity index is 1.83. The zero-order valence-corrected chi connectivity index (χ0v) is 13.2. The van der Waals surface area contributed by atoms with E-state index in [0.717, 1.165) is 54.9 Å². The molecule has 1 aliphatic carbocycles. The molecule has 2 N–H and O–H groups in total. The average molecular weight is 338 g/mol. The van der Waals surface area contributed by atoms with Crippen molar-refractivity contribution in [2.45, 2.75) is 50.5 Å². The third-order valence-corrected chi connectivity index (χ3v) is 5.80. The summed E-state index contributed by atoms with van der Waals surface area (Å²) in [5.74, 6) is 2.84. The lowest BCUT2D eigenvalue weighted by Gasteiger charge is -2.29. The Bertz CT molecular complexity index is 515. The van der Waals surface area contributed by atoms with Gasteiger partial charge in [-0.2, -0.15) is 0 Å². The summed E-state index contributed by atoms with van der Waals surface area (Å²) in [4.78, 5) is 0. The van der Waals surface area contributed by atoms with E-state index in [0.29, 0.717) is 12.0 Å². The van der Waals surface area contributed by atoms with Crippen molar-refractivity contribution < 1.29 is 9.47 Å². The molecule has 3 aliphatic rings. The van der Waals surface area contributed by atoms with Gasteiger partial charge in [-0.05, 0) is 47.5 Å². The van der Waals surface area contributed by atoms with E-state index in [-0.39, 0.29) is 0 Å². The molecule has 2 heterocycles. The van der Waals surface area contributed by atoms with E-state index in [2.05, 4.69) is 15.9 Å². The maximum absolute atomic E-state index is 6.06. The molecule has 1 aromatic carbocycles. The summed E-state index contributed by atoms with van der Waals surface area (Å²) in [6.45, 7) is 1.60. The molecule has 108 valence electrons. The van der Waals surface area contributed by atoms with Crippen molar-refractivity contribution in [3.63, 3.8) is 0 Å². The highest BCUT2D eigenvalue weighted by atomic mass is 79.9. The summed E-state index contributed by atoms with van der Waals surface area (Å²) in [6, 6.07) is 0.389. The Morgan fingerprint density at radius 2 is 1.55 bits per heavy atom. The van der Waals surface area contributed by atoms with E-state index >= 15 is 0 Å². The lowest BCUT2D eigenvalue weighted by Crippen LogP contribution is -2.26. The highest BCUT2D eigenvalue weighted by Crippen LogP contribution is 2.51. The van der Waals surface area contributed by atoms with Crippen LogP contribution in [0.3, 0.4) is 0 Å². The predicted octanol–water partition coefficient (Wildman–Crippen LogP) is 3.30. The normalized spacial score (nSPS) is 27.7. The number of hydrogen-bond acceptors (Lipinski definition) is 3. The zero-order valence-electron chi connectivity index (χ0n) is 11.6. The van der Waals surface area contributed by atoms with Gasteiger partial charge in [0.15, 0.2) is 0 Å². The monoisotopic (exact) mass is 337 g/mol. The van der Waals surface area contributed by atoms with Gasteiger partial charge >= 0.3 is 0 Å². The van der Waals surface area contributed by atoms with Gasteiger partial charge in [0, 0.05) is 35.6 Å². The molecule has 1 fully saturated rings. The van der Waals surface area contributed by atoms with E-state index < -0.39 is 0 Å². The van der Waals surface area contributed by atoms with Crippen LogP contribution in [0.4, 0.5) is 0 Å². The van der Waals surface area contributed by atoms with Crippen molar-refractivity contribution in [1.29, 1.82) is 0 Å². The fourth-order valence-corrected chi connectivity index (χ4v) is 4.66. The Morgan fingerprint density at radius 1 is 0.900 bits per heavy atom. The van der Waals surface area contributed by atoms with Crippen LogP contribution < -0.4 is 15.2 Å². The number of nitrogens with two attached hydrogens (primary N) is 1. The summed E-state index contributed by atoms with van der Waals surface area (Å²) in [5, 5.41) is 0. The van der Waals surface area contributed by atoms with Crippen LogP contribution in [0, 0.1) is 0 Å². The molecule has 0 aromatic heterocycles. The van der Waals surface area contributed by atoms with Crippen LogP contribution in [0.2, 0.25) is 0 Å². The lowest BCUT2D eigenvalue weighted by molar-refractivity contribution is 0.338. The van der Waals surface area contributed by atoms with Gasteiger partial charge < -0.3 is 15.2 Å². The van der Waals surface area contributed by atoms with Crippen molar-refractivity contribution in [2.75, 3.05) is 13.2 Å². The molecule has 1 aromatic rings. The highest BCUT2D eigenvalue weighted by Gasteiger charge is 2.34. The molecule has 0 radical (unpaired) electrons. The summed E-state index contributed by atoms with van der Waals surface area (Å²) in [5.41, 5.74) is 10.2. The van der Waals surface area contributed by atoms with Crippen LogP contribution in [0.25, 0.3) is 0 Å². The maximum atomic E-state index is 6.06. The second-order valence-corrected chi connectivity index (χ2v) is 6.94. The quantitative estimate of drug-likeness (QED) is 0.854. The predicted molar refractivity (Wildman–Crippen MR) is 81.7 cm³/mol. The number of fused-ring (bicyclic) bond motifs is 2. The van der Waals surface area contributed by atoms with E-state index in [1.165, 1.54) is 29.5 Å². The van der Waals surface area contributed by atoms with Gasteiger partial charge in [-0.15, -0.1) is 0 Å². The van der Waals surface area contributed by atoms with E-state index in [1.807, 2.05) is 0 Å². The first kappa shape index (κ1) is 13.0. The summed E-state index contributed by atoms with van der Waals surface area (Å²) < 4.78 is 13.0. The zero-order chi connectivity index (χ0) is 13.7. The number of halogens is 1. The third-order valence-electron chi connectivity index (χ3n) is 4.96. The second-order valence-electron chi connectivity index (χ2n) is 6.15. The Labute approximate surface area is 127 Å². The van der Waals surface area contributed by atoms with E-state index in [1.54, 1.807) is 0 Å². The first-order valence-electron chi connectivity index (χ1n) is 7.64. The van der Waals surface area contributed by atoms with Gasteiger partial charge in [-0.1, -0.05) is 0 Å². The van der Waals surface area contributed by atoms with Gasteiger partial charge in [0.2, 0.25) is 0 Å². The number of benzene rings is 1. The fourth-order valence-electron chi connectivity index (χ4n) is 3.93. The summed E-state index contributed by atoms with van der Waals surface area (Å²) >= 11 is 3.73. The molecular formula is C16H20BrNO2. The van der Waals surface area contributed by atoms with Crippen LogP contribution >= 0.6 is 15.9 Å². The number of hydrogen-bond donors (Lipinski definition) is 1. The van der Waals surface area contributed by atoms with Crippen LogP contribution in [-0.4, -0.2) is 19.3 Å². The molecule has 0 atom stereocenters. The molecule has 0 unspecified atom stereocenters. The minimum atomic E-state index is 0.389. The molecule has 0 bridgehead atoms. The first-order chi connectivity index (χ1) is 9.75. The van der Waals surface area contributed by atoms with Crippen LogP contribution in [-0.2, 0) is 12.8 Å². The van der Waals surface area contributed by atoms with Gasteiger partial charge in [0.25, 0.3) is 0 Å². The molecule has 0 amide bonds. The molecule has 4 heteroatoms. The molecule has 0 saturated heterocycles. The van der Waals surface area contributed by atoms with Gasteiger partial charge in [-0.25, -0.2) is 0 Å². The molecule has 1 saturated carbocycles. The first-order valence-corrected chi connectivity index (χ1v) is 8.43. The standard InChI is InChI=1S/C16H20BrNO2/c17-14-12-6-8-19-15(12)13(11-5-7-20-16(11)14)9-1-3-10(18)4-2-9/h9-10H,1-8,18H2. The number of ether oxygens (including phenoxy) is 2. The molecule has 0 spiro atoms. The Kier molecular flexibility index (Phi) is 3.19. The molecule has 3 nitrogen and oxygen atoms in total. The highest BCUT2D eigenvalue weighted by molar-refractivity contribution is 9.10. The van der Waals surface area contributed by atoms with Crippen molar-refractivity contribution in [3.8, 4) is 11.5 Å². The number of rotatable bonds is 1. The smallest absolute Gasteiger partial charge is 0.137 e. The molecule has 4 rings (SSSR count). The molecule has 20 heavy (non-hydrogen) atoms. The Hall–Kier alpha value is -0.740. The SMILES string of the molecule is NC1CCC(c2c3c(c(Br)c4c2OCC4)OCC3)CC1. The van der Waals surface area contributed by atoms with Crippen molar-refractivity contribution in [2.24, 2.45) is 5.73 Å². The summed E-state index contributed by atoms with van der Waals surface area (Å²) in [7, 11) is 0. The largest absolute Gasteiger partial charge is 0.493 e. The van der Waals surface area contributed by atoms with E-state index in [9.17, 15) is 0 Å².